The van der Waals surface area contributed by atoms with Crippen LogP contribution in [-0.4, -0.2) is 34.2 Å². The zero-order chi connectivity index (χ0) is 21.5. The zero-order valence-corrected chi connectivity index (χ0v) is 18.2. The van der Waals surface area contributed by atoms with Crippen molar-refractivity contribution >= 4 is 17.5 Å². The van der Waals surface area contributed by atoms with Gasteiger partial charge in [0, 0.05) is 19.2 Å². The molecule has 0 atom stereocenters. The topological polar surface area (TPSA) is 56.6 Å². The average molecular weight is 428 g/mol. The minimum Gasteiger partial charge on any atom is -0.494 e. The third-order valence-electron chi connectivity index (χ3n) is 4.65. The molecule has 0 aliphatic carbocycles. The van der Waals surface area contributed by atoms with Gasteiger partial charge < -0.3 is 14.4 Å². The van der Waals surface area contributed by atoms with Crippen LogP contribution in [0.5, 0.6) is 11.5 Å². The molecule has 30 heavy (non-hydrogen) atoms. The number of carbonyl (C=O) groups excluding carboxylic acids is 1. The molecule has 0 unspecified atom stereocenters. The summed E-state index contributed by atoms with van der Waals surface area (Å²) in [4.78, 5) is 14.5. The molecule has 158 valence electrons. The van der Waals surface area contributed by atoms with Gasteiger partial charge in [-0.2, -0.15) is 5.10 Å². The van der Waals surface area contributed by atoms with Gasteiger partial charge in [0.15, 0.2) is 0 Å². The molecule has 2 aromatic carbocycles. The third-order valence-corrected chi connectivity index (χ3v) is 4.96. The van der Waals surface area contributed by atoms with Gasteiger partial charge in [0.2, 0.25) is 0 Å². The van der Waals surface area contributed by atoms with Crippen molar-refractivity contribution in [3.8, 4) is 11.5 Å². The summed E-state index contributed by atoms with van der Waals surface area (Å²) in [6, 6.07) is 14.9. The average Bonchev–Trinajstić information content (AvgIpc) is 3.12. The first-order valence-electron chi connectivity index (χ1n) is 9.92. The van der Waals surface area contributed by atoms with Crippen LogP contribution in [0.3, 0.4) is 0 Å². The van der Waals surface area contributed by atoms with E-state index >= 15 is 0 Å². The maximum atomic E-state index is 12.9. The van der Waals surface area contributed by atoms with E-state index < -0.39 is 0 Å². The number of amides is 1. The molecule has 3 aromatic rings. The van der Waals surface area contributed by atoms with Crippen molar-refractivity contribution < 1.29 is 14.3 Å². The monoisotopic (exact) mass is 427 g/mol. The second kappa shape index (κ2) is 10.2. The van der Waals surface area contributed by atoms with E-state index in [-0.39, 0.29) is 5.91 Å². The smallest absolute Gasteiger partial charge is 0.253 e. The Morgan fingerprint density at radius 1 is 1.10 bits per heavy atom. The maximum Gasteiger partial charge on any atom is 0.253 e. The van der Waals surface area contributed by atoms with Crippen LogP contribution in [0.2, 0.25) is 5.02 Å². The predicted octanol–water partition coefficient (Wildman–Crippen LogP) is 4.81. The first-order chi connectivity index (χ1) is 14.5. The van der Waals surface area contributed by atoms with Gasteiger partial charge in [0.05, 0.1) is 30.1 Å². The van der Waals surface area contributed by atoms with E-state index in [1.54, 1.807) is 28.9 Å². The first kappa shape index (κ1) is 21.7. The van der Waals surface area contributed by atoms with Crippen molar-refractivity contribution in [2.75, 3.05) is 13.7 Å². The minimum absolute atomic E-state index is 0.0853. The molecular formula is C23H26ClN3O3. The Labute approximate surface area is 182 Å². The van der Waals surface area contributed by atoms with Gasteiger partial charge in [-0.15, -0.1) is 0 Å². The van der Waals surface area contributed by atoms with Crippen LogP contribution >= 0.6 is 11.6 Å². The fourth-order valence-corrected chi connectivity index (χ4v) is 3.29. The molecule has 1 aromatic heterocycles. The van der Waals surface area contributed by atoms with Gasteiger partial charge in [-0.05, 0) is 55.8 Å². The Kier molecular flexibility index (Phi) is 7.36. The van der Waals surface area contributed by atoms with E-state index in [1.165, 1.54) is 0 Å². The molecule has 0 fully saturated rings. The van der Waals surface area contributed by atoms with Crippen LogP contribution in [0.15, 0.2) is 54.7 Å². The van der Waals surface area contributed by atoms with E-state index in [2.05, 4.69) is 5.10 Å². The van der Waals surface area contributed by atoms with E-state index in [9.17, 15) is 4.79 Å². The molecule has 0 spiro atoms. The Morgan fingerprint density at radius 2 is 1.80 bits per heavy atom. The third kappa shape index (κ3) is 5.33. The highest BCUT2D eigenvalue weighted by Gasteiger charge is 2.17. The molecule has 0 saturated heterocycles. The normalized spacial score (nSPS) is 10.7. The molecule has 0 aliphatic rings. The van der Waals surface area contributed by atoms with Crippen LogP contribution in [0, 0.1) is 0 Å². The van der Waals surface area contributed by atoms with Gasteiger partial charge in [-0.3, -0.25) is 9.48 Å². The number of aromatic nitrogens is 2. The molecule has 0 bridgehead atoms. The SMILES string of the molecule is CCOc1ccc(OCc2cccc(C(=O)N(C)Cc3c(Cl)cnn3CC)c2)cc1. The number of ether oxygens (including phenoxy) is 2. The fraction of sp³-hybridized carbons (Fsp3) is 0.304. The second-order valence-electron chi connectivity index (χ2n) is 6.81. The number of hydrogen-bond acceptors (Lipinski definition) is 4. The number of aryl methyl sites for hydroxylation is 1. The van der Waals surface area contributed by atoms with Crippen molar-refractivity contribution in [3.05, 3.63) is 76.6 Å². The minimum atomic E-state index is -0.0853. The number of benzene rings is 2. The lowest BCUT2D eigenvalue weighted by atomic mass is 10.1. The lowest BCUT2D eigenvalue weighted by Gasteiger charge is -2.18. The molecule has 3 rings (SSSR count). The zero-order valence-electron chi connectivity index (χ0n) is 17.5. The summed E-state index contributed by atoms with van der Waals surface area (Å²) in [6.45, 7) is 6.02. The summed E-state index contributed by atoms with van der Waals surface area (Å²) in [7, 11) is 1.76. The second-order valence-corrected chi connectivity index (χ2v) is 7.22. The number of hydrogen-bond donors (Lipinski definition) is 0. The van der Waals surface area contributed by atoms with Crippen LogP contribution in [0.4, 0.5) is 0 Å². The van der Waals surface area contributed by atoms with E-state index in [1.807, 2.05) is 56.3 Å². The van der Waals surface area contributed by atoms with Crippen LogP contribution < -0.4 is 9.47 Å². The lowest BCUT2D eigenvalue weighted by molar-refractivity contribution is 0.0781. The van der Waals surface area contributed by atoms with Crippen molar-refractivity contribution in [2.24, 2.45) is 0 Å². The summed E-state index contributed by atoms with van der Waals surface area (Å²) in [5, 5.41) is 4.79. The molecule has 0 saturated carbocycles. The summed E-state index contributed by atoms with van der Waals surface area (Å²) in [5.74, 6) is 1.47. The number of nitrogens with zero attached hydrogens (tertiary/aromatic N) is 3. The Hall–Kier alpha value is -2.99. The Bertz CT molecular complexity index is 986. The molecule has 0 aliphatic heterocycles. The molecule has 7 heteroatoms. The Balaban J connectivity index is 1.63. The van der Waals surface area contributed by atoms with Crippen molar-refractivity contribution in [1.82, 2.24) is 14.7 Å². The Morgan fingerprint density at radius 3 is 2.47 bits per heavy atom. The van der Waals surface area contributed by atoms with Gasteiger partial charge in [-0.25, -0.2) is 0 Å². The first-order valence-corrected chi connectivity index (χ1v) is 10.3. The summed E-state index contributed by atoms with van der Waals surface area (Å²) in [5.41, 5.74) is 2.34. The van der Waals surface area contributed by atoms with Gasteiger partial charge in [0.1, 0.15) is 18.1 Å². The van der Waals surface area contributed by atoms with Crippen LogP contribution in [0.25, 0.3) is 0 Å². The van der Waals surface area contributed by atoms with E-state index in [0.29, 0.717) is 36.9 Å². The molecule has 0 N–H and O–H groups in total. The van der Waals surface area contributed by atoms with E-state index in [0.717, 1.165) is 22.8 Å². The summed E-state index contributed by atoms with van der Waals surface area (Å²) >= 11 is 6.22. The highest BCUT2D eigenvalue weighted by molar-refractivity contribution is 6.31. The van der Waals surface area contributed by atoms with E-state index in [4.69, 9.17) is 21.1 Å². The van der Waals surface area contributed by atoms with Gasteiger partial charge >= 0.3 is 0 Å². The van der Waals surface area contributed by atoms with Crippen LogP contribution in [0.1, 0.15) is 35.5 Å². The molecule has 6 nitrogen and oxygen atoms in total. The summed E-state index contributed by atoms with van der Waals surface area (Å²) in [6.07, 6.45) is 1.61. The number of carbonyl (C=O) groups is 1. The summed E-state index contributed by atoms with van der Waals surface area (Å²) < 4.78 is 13.1. The standard InChI is InChI=1S/C23H26ClN3O3/c1-4-27-22(21(24)14-25-27)15-26(3)23(28)18-8-6-7-17(13-18)16-30-20-11-9-19(10-12-20)29-5-2/h6-14H,4-5,15-16H2,1-3H3. The molecule has 1 amide bonds. The lowest BCUT2D eigenvalue weighted by Crippen LogP contribution is -2.27. The van der Waals surface area contributed by atoms with Gasteiger partial charge in [-0.1, -0.05) is 23.7 Å². The van der Waals surface area contributed by atoms with Gasteiger partial charge in [0.25, 0.3) is 5.91 Å². The highest BCUT2D eigenvalue weighted by atomic mass is 35.5. The largest absolute Gasteiger partial charge is 0.494 e. The predicted molar refractivity (Wildman–Crippen MR) is 117 cm³/mol. The maximum absolute atomic E-state index is 12.9. The highest BCUT2D eigenvalue weighted by Crippen LogP contribution is 2.20. The van der Waals surface area contributed by atoms with Crippen LogP contribution in [-0.2, 0) is 19.7 Å². The fourth-order valence-electron chi connectivity index (χ4n) is 3.09. The molecular weight excluding hydrogens is 402 g/mol. The van der Waals surface area contributed by atoms with Crippen molar-refractivity contribution in [3.63, 3.8) is 0 Å². The van der Waals surface area contributed by atoms with Crippen molar-refractivity contribution in [1.29, 1.82) is 0 Å². The number of halogens is 1. The quantitative estimate of drug-likeness (QED) is 0.492. The van der Waals surface area contributed by atoms with Crippen molar-refractivity contribution in [2.45, 2.75) is 33.5 Å². The molecule has 0 radical (unpaired) electrons. The number of rotatable bonds is 9. The molecule has 1 heterocycles.